The predicted molar refractivity (Wildman–Crippen MR) is 53.9 cm³/mol. The summed E-state index contributed by atoms with van der Waals surface area (Å²) in [6.07, 6.45) is 1.07. The molecule has 0 bridgehead atoms. The van der Waals surface area contributed by atoms with Gasteiger partial charge >= 0.3 is 0 Å². The van der Waals surface area contributed by atoms with Crippen LogP contribution in [-0.4, -0.2) is 10.9 Å². The molecule has 1 aliphatic carbocycles. The van der Waals surface area contributed by atoms with Gasteiger partial charge in [0.05, 0.1) is 6.10 Å². The van der Waals surface area contributed by atoms with Gasteiger partial charge in [-0.2, -0.15) is 0 Å². The fourth-order valence-electron chi connectivity index (χ4n) is 2.16. The van der Waals surface area contributed by atoms with Gasteiger partial charge in [0.1, 0.15) is 5.78 Å². The van der Waals surface area contributed by atoms with Crippen molar-refractivity contribution < 1.29 is 9.90 Å². The molecule has 0 heterocycles. The largest absolute Gasteiger partial charge is 0.388 e. The Hall–Kier alpha value is -1.15. The van der Waals surface area contributed by atoms with Gasteiger partial charge in [-0.15, -0.1) is 0 Å². The van der Waals surface area contributed by atoms with Crippen molar-refractivity contribution in [1.82, 2.24) is 0 Å². The molecule has 2 atom stereocenters. The quantitative estimate of drug-likeness (QED) is 0.734. The summed E-state index contributed by atoms with van der Waals surface area (Å²) < 4.78 is 0. The van der Waals surface area contributed by atoms with Crippen molar-refractivity contribution in [2.24, 2.45) is 5.92 Å². The van der Waals surface area contributed by atoms with Crippen molar-refractivity contribution in [2.75, 3.05) is 0 Å². The van der Waals surface area contributed by atoms with Crippen LogP contribution in [-0.2, 0) is 11.2 Å². The van der Waals surface area contributed by atoms with Crippen LogP contribution < -0.4 is 0 Å². The fraction of sp³-hybridized carbons (Fsp3) is 0.417. The van der Waals surface area contributed by atoms with E-state index in [-0.39, 0.29) is 11.7 Å². The summed E-state index contributed by atoms with van der Waals surface area (Å²) in [6, 6.07) is 7.81. The summed E-state index contributed by atoms with van der Waals surface area (Å²) >= 11 is 0. The number of hydrogen-bond acceptors (Lipinski definition) is 2. The number of Topliss-reactive ketones (excluding diaryl/α,β-unsaturated/α-hetero) is 1. The minimum Gasteiger partial charge on any atom is -0.388 e. The molecule has 2 nitrogen and oxygen atoms in total. The number of carbonyl (C=O) groups excluding carboxylic acids is 1. The van der Waals surface area contributed by atoms with E-state index in [1.165, 1.54) is 5.56 Å². The van der Waals surface area contributed by atoms with Crippen LogP contribution >= 0.6 is 0 Å². The van der Waals surface area contributed by atoms with E-state index in [1.807, 2.05) is 24.3 Å². The Morgan fingerprint density at radius 3 is 2.86 bits per heavy atom. The van der Waals surface area contributed by atoms with Crippen molar-refractivity contribution in [3.05, 3.63) is 35.4 Å². The van der Waals surface area contributed by atoms with E-state index in [9.17, 15) is 9.90 Å². The maximum Gasteiger partial charge on any atom is 0.135 e. The summed E-state index contributed by atoms with van der Waals surface area (Å²) in [7, 11) is 0. The molecule has 2 heteroatoms. The molecular formula is C12H14O2. The highest BCUT2D eigenvalue weighted by atomic mass is 16.3. The number of aliphatic hydroxyl groups excluding tert-OH is 1. The van der Waals surface area contributed by atoms with Crippen LogP contribution in [0, 0.1) is 5.92 Å². The van der Waals surface area contributed by atoms with Crippen molar-refractivity contribution in [3.8, 4) is 0 Å². The first-order chi connectivity index (χ1) is 6.70. The second kappa shape index (κ2) is 3.54. The normalized spacial score (nSPS) is 25.6. The highest BCUT2D eigenvalue weighted by Gasteiger charge is 2.30. The Labute approximate surface area is 83.6 Å². The zero-order chi connectivity index (χ0) is 10.1. The molecule has 0 fully saturated rings. The lowest BCUT2D eigenvalue weighted by Gasteiger charge is -2.28. The van der Waals surface area contributed by atoms with Gasteiger partial charge in [0.2, 0.25) is 0 Å². The van der Waals surface area contributed by atoms with Crippen LogP contribution in [0.15, 0.2) is 24.3 Å². The SMILES string of the molecule is CC(=O)[C@@H]1CCc2ccccc2[C@@H]1O. The van der Waals surface area contributed by atoms with Gasteiger partial charge in [-0.3, -0.25) is 4.79 Å². The molecule has 0 saturated heterocycles. The third-order valence-corrected chi connectivity index (χ3v) is 3.00. The van der Waals surface area contributed by atoms with E-state index in [2.05, 4.69) is 0 Å². The molecule has 2 rings (SSSR count). The molecule has 14 heavy (non-hydrogen) atoms. The minimum atomic E-state index is -0.600. The monoisotopic (exact) mass is 190 g/mol. The van der Waals surface area contributed by atoms with Crippen molar-refractivity contribution in [2.45, 2.75) is 25.9 Å². The van der Waals surface area contributed by atoms with Crippen LogP contribution in [0.4, 0.5) is 0 Å². The van der Waals surface area contributed by atoms with E-state index in [1.54, 1.807) is 6.92 Å². The Morgan fingerprint density at radius 2 is 2.14 bits per heavy atom. The topological polar surface area (TPSA) is 37.3 Å². The number of hydrogen-bond donors (Lipinski definition) is 1. The fourth-order valence-corrected chi connectivity index (χ4v) is 2.16. The van der Waals surface area contributed by atoms with Crippen LogP contribution in [0.3, 0.4) is 0 Å². The number of ketones is 1. The molecule has 1 N–H and O–H groups in total. The van der Waals surface area contributed by atoms with E-state index < -0.39 is 6.10 Å². The first-order valence-electron chi connectivity index (χ1n) is 4.96. The molecule has 1 aromatic carbocycles. The molecule has 0 radical (unpaired) electrons. The Balaban J connectivity index is 2.36. The van der Waals surface area contributed by atoms with Crippen LogP contribution in [0.2, 0.25) is 0 Å². The molecule has 0 saturated carbocycles. The van der Waals surface area contributed by atoms with Gasteiger partial charge in [0.25, 0.3) is 0 Å². The third-order valence-electron chi connectivity index (χ3n) is 3.00. The van der Waals surface area contributed by atoms with Crippen LogP contribution in [0.25, 0.3) is 0 Å². The summed E-state index contributed by atoms with van der Waals surface area (Å²) in [5.41, 5.74) is 2.11. The van der Waals surface area contributed by atoms with E-state index in [0.717, 1.165) is 18.4 Å². The van der Waals surface area contributed by atoms with Gasteiger partial charge < -0.3 is 5.11 Å². The van der Waals surface area contributed by atoms with Crippen molar-refractivity contribution >= 4 is 5.78 Å². The maximum atomic E-state index is 11.3. The molecule has 74 valence electrons. The van der Waals surface area contributed by atoms with Gasteiger partial charge in [0, 0.05) is 5.92 Å². The predicted octanol–water partition coefficient (Wildman–Crippen LogP) is 1.87. The van der Waals surface area contributed by atoms with Crippen LogP contribution in [0.1, 0.15) is 30.6 Å². The molecular weight excluding hydrogens is 176 g/mol. The van der Waals surface area contributed by atoms with E-state index >= 15 is 0 Å². The number of aliphatic hydroxyl groups is 1. The number of benzene rings is 1. The zero-order valence-electron chi connectivity index (χ0n) is 8.23. The van der Waals surface area contributed by atoms with Gasteiger partial charge in [-0.1, -0.05) is 24.3 Å². The standard InChI is InChI=1S/C12H14O2/c1-8(13)10-7-6-9-4-2-3-5-11(9)12(10)14/h2-5,10,12,14H,6-7H2,1H3/t10-,12+/m0/s1. The van der Waals surface area contributed by atoms with Gasteiger partial charge in [-0.25, -0.2) is 0 Å². The second-order valence-electron chi connectivity index (χ2n) is 3.90. The Bertz CT molecular complexity index is 357. The minimum absolute atomic E-state index is 0.0898. The average Bonchev–Trinajstić information content (AvgIpc) is 2.18. The third kappa shape index (κ3) is 1.46. The molecule has 0 amide bonds. The number of fused-ring (bicyclic) bond motifs is 1. The highest BCUT2D eigenvalue weighted by molar-refractivity contribution is 5.79. The van der Waals surface area contributed by atoms with Crippen LogP contribution in [0.5, 0.6) is 0 Å². The maximum absolute atomic E-state index is 11.3. The lowest BCUT2D eigenvalue weighted by molar-refractivity contribution is -0.125. The molecule has 1 aliphatic rings. The molecule has 0 aromatic heterocycles. The van der Waals surface area contributed by atoms with E-state index in [0.29, 0.717) is 0 Å². The number of rotatable bonds is 1. The second-order valence-corrected chi connectivity index (χ2v) is 3.90. The van der Waals surface area contributed by atoms with Crippen molar-refractivity contribution in [3.63, 3.8) is 0 Å². The van der Waals surface area contributed by atoms with Crippen molar-refractivity contribution in [1.29, 1.82) is 0 Å². The molecule has 0 unspecified atom stereocenters. The lowest BCUT2D eigenvalue weighted by atomic mass is 9.80. The summed E-state index contributed by atoms with van der Waals surface area (Å²) in [4.78, 5) is 11.3. The highest BCUT2D eigenvalue weighted by Crippen LogP contribution is 2.34. The average molecular weight is 190 g/mol. The summed E-state index contributed by atoms with van der Waals surface area (Å²) in [5, 5.41) is 9.97. The lowest BCUT2D eigenvalue weighted by Crippen LogP contribution is -2.25. The Kier molecular flexibility index (Phi) is 2.38. The first kappa shape index (κ1) is 9.41. The Morgan fingerprint density at radius 1 is 1.43 bits per heavy atom. The molecule has 0 spiro atoms. The van der Waals surface area contributed by atoms with Gasteiger partial charge in [0.15, 0.2) is 0 Å². The van der Waals surface area contributed by atoms with Gasteiger partial charge in [-0.05, 0) is 30.9 Å². The molecule has 0 aliphatic heterocycles. The summed E-state index contributed by atoms with van der Waals surface area (Å²) in [5.74, 6) is -0.114. The zero-order valence-corrected chi connectivity index (χ0v) is 8.23. The first-order valence-corrected chi connectivity index (χ1v) is 4.96. The smallest absolute Gasteiger partial charge is 0.135 e. The molecule has 1 aromatic rings. The number of aryl methyl sites for hydroxylation is 1. The van der Waals surface area contributed by atoms with E-state index in [4.69, 9.17) is 0 Å². The summed E-state index contributed by atoms with van der Waals surface area (Å²) in [6.45, 7) is 1.56. The number of carbonyl (C=O) groups is 1.